The molecule has 0 aromatic carbocycles. The first-order valence-electron chi connectivity index (χ1n) is 5.00. The smallest absolute Gasteiger partial charge is 0.137 e. The predicted octanol–water partition coefficient (Wildman–Crippen LogP) is 3.50. The van der Waals surface area contributed by atoms with Crippen molar-refractivity contribution in [1.82, 2.24) is 4.98 Å². The van der Waals surface area contributed by atoms with Crippen molar-refractivity contribution >= 4 is 11.0 Å². The summed E-state index contributed by atoms with van der Waals surface area (Å²) in [5.74, 6) is 0. The molecule has 0 radical (unpaired) electrons. The van der Waals surface area contributed by atoms with Crippen LogP contribution in [0.5, 0.6) is 0 Å². The molecule has 2 aromatic heterocycles. The zero-order valence-corrected chi connectivity index (χ0v) is 8.52. The fourth-order valence-corrected chi connectivity index (χ4v) is 1.56. The summed E-state index contributed by atoms with van der Waals surface area (Å²) in [6.07, 6.45) is 11.2. The Morgan fingerprint density at radius 1 is 1.40 bits per heavy atom. The summed E-state index contributed by atoms with van der Waals surface area (Å²) in [6.45, 7) is 3.63. The number of rotatable bonds is 4. The lowest BCUT2D eigenvalue weighted by atomic mass is 10.1. The fraction of sp³-hybridized carbons (Fsp3) is 0.154. The molecule has 2 aromatic rings. The maximum absolute atomic E-state index is 5.31. The highest BCUT2D eigenvalue weighted by atomic mass is 16.3. The minimum Gasteiger partial charge on any atom is -0.464 e. The average Bonchev–Trinajstić information content (AvgIpc) is 2.73. The van der Waals surface area contributed by atoms with E-state index >= 15 is 0 Å². The molecule has 0 N–H and O–H groups in total. The summed E-state index contributed by atoms with van der Waals surface area (Å²) >= 11 is 0. The zero-order chi connectivity index (χ0) is 10.5. The van der Waals surface area contributed by atoms with Gasteiger partial charge in [0.1, 0.15) is 5.58 Å². The van der Waals surface area contributed by atoms with E-state index in [0.29, 0.717) is 0 Å². The Kier molecular flexibility index (Phi) is 2.98. The van der Waals surface area contributed by atoms with Gasteiger partial charge in [-0.25, -0.2) is 0 Å². The molecule has 0 fully saturated rings. The van der Waals surface area contributed by atoms with Gasteiger partial charge in [-0.3, -0.25) is 4.98 Å². The van der Waals surface area contributed by atoms with Crippen molar-refractivity contribution in [2.75, 3.05) is 0 Å². The molecular formula is C13H13NO. The van der Waals surface area contributed by atoms with Gasteiger partial charge in [0, 0.05) is 11.6 Å². The molecule has 0 aliphatic heterocycles. The third-order valence-corrected chi connectivity index (χ3v) is 2.28. The van der Waals surface area contributed by atoms with E-state index in [0.717, 1.165) is 29.5 Å². The normalized spacial score (nSPS) is 11.2. The van der Waals surface area contributed by atoms with Crippen LogP contribution in [0.1, 0.15) is 12.1 Å². The predicted molar refractivity (Wildman–Crippen MR) is 61.7 cm³/mol. The molecule has 0 atom stereocenters. The van der Waals surface area contributed by atoms with Gasteiger partial charge in [-0.15, -0.1) is 0 Å². The van der Waals surface area contributed by atoms with Gasteiger partial charge in [-0.05, 0) is 25.0 Å². The maximum atomic E-state index is 5.31. The number of nitrogens with zero attached hydrogens (tertiary/aromatic N) is 1. The molecule has 0 saturated heterocycles. The first kappa shape index (κ1) is 9.71. The van der Waals surface area contributed by atoms with Crippen LogP contribution in [0.3, 0.4) is 0 Å². The Labute approximate surface area is 88.9 Å². The number of furan rings is 1. The molecule has 2 rings (SSSR count). The Hall–Kier alpha value is -1.83. The quantitative estimate of drug-likeness (QED) is 0.704. The van der Waals surface area contributed by atoms with Gasteiger partial charge >= 0.3 is 0 Å². The largest absolute Gasteiger partial charge is 0.464 e. The fourth-order valence-electron chi connectivity index (χ4n) is 1.56. The first-order valence-corrected chi connectivity index (χ1v) is 5.00. The summed E-state index contributed by atoms with van der Waals surface area (Å²) in [4.78, 5) is 4.36. The molecule has 0 saturated carbocycles. The van der Waals surface area contributed by atoms with Gasteiger partial charge in [0.15, 0.2) is 0 Å². The second-order valence-electron chi connectivity index (χ2n) is 3.29. The Morgan fingerprint density at radius 2 is 2.33 bits per heavy atom. The molecule has 2 heteroatoms. The molecule has 0 aliphatic rings. The topological polar surface area (TPSA) is 26.0 Å². The number of fused-ring (bicyclic) bond motifs is 1. The second-order valence-corrected chi connectivity index (χ2v) is 3.29. The van der Waals surface area contributed by atoms with Crippen LogP contribution >= 0.6 is 0 Å². The first-order chi connectivity index (χ1) is 7.42. The minimum atomic E-state index is 0.910. The standard InChI is InChI=1S/C13H13NO/c1-2-3-4-5-6-12-11-8-10-15-13(11)7-9-14-12/h2-4,7-10H,1,5-6H2. The van der Waals surface area contributed by atoms with Crippen molar-refractivity contribution in [2.45, 2.75) is 12.8 Å². The third-order valence-electron chi connectivity index (χ3n) is 2.28. The molecule has 0 amide bonds. The van der Waals surface area contributed by atoms with Crippen LogP contribution in [0.2, 0.25) is 0 Å². The van der Waals surface area contributed by atoms with Crippen LogP contribution in [0.25, 0.3) is 11.0 Å². The lowest BCUT2D eigenvalue weighted by molar-refractivity contribution is 0.615. The Balaban J connectivity index is 2.16. The van der Waals surface area contributed by atoms with Crippen LogP contribution in [0.15, 0.2) is 53.8 Å². The van der Waals surface area contributed by atoms with Crippen molar-refractivity contribution in [3.05, 3.63) is 55.1 Å². The second kappa shape index (κ2) is 4.60. The van der Waals surface area contributed by atoms with Crippen molar-refractivity contribution in [3.63, 3.8) is 0 Å². The van der Waals surface area contributed by atoms with Gasteiger partial charge in [0.05, 0.1) is 12.0 Å². The zero-order valence-electron chi connectivity index (χ0n) is 8.52. The molecule has 0 aliphatic carbocycles. The van der Waals surface area contributed by atoms with Gasteiger partial charge in [-0.1, -0.05) is 24.8 Å². The van der Waals surface area contributed by atoms with E-state index in [1.807, 2.05) is 18.2 Å². The highest BCUT2D eigenvalue weighted by Gasteiger charge is 2.02. The summed E-state index contributed by atoms with van der Waals surface area (Å²) in [5.41, 5.74) is 2.00. The number of hydrogen-bond acceptors (Lipinski definition) is 2. The van der Waals surface area contributed by atoms with E-state index in [4.69, 9.17) is 4.42 Å². The van der Waals surface area contributed by atoms with E-state index < -0.39 is 0 Å². The van der Waals surface area contributed by atoms with Crippen LogP contribution < -0.4 is 0 Å². The van der Waals surface area contributed by atoms with E-state index in [-0.39, 0.29) is 0 Å². The highest BCUT2D eigenvalue weighted by Crippen LogP contribution is 2.18. The van der Waals surface area contributed by atoms with Crippen LogP contribution in [-0.2, 0) is 6.42 Å². The minimum absolute atomic E-state index is 0.910. The summed E-state index contributed by atoms with van der Waals surface area (Å²) in [5, 5.41) is 1.12. The van der Waals surface area contributed by atoms with Crippen LogP contribution in [0.4, 0.5) is 0 Å². The molecule has 0 bridgehead atoms. The van der Waals surface area contributed by atoms with Crippen molar-refractivity contribution in [1.29, 1.82) is 0 Å². The number of aryl methyl sites for hydroxylation is 1. The lowest BCUT2D eigenvalue weighted by Gasteiger charge is -1.98. The number of hydrogen-bond donors (Lipinski definition) is 0. The maximum Gasteiger partial charge on any atom is 0.137 e. The highest BCUT2D eigenvalue weighted by molar-refractivity contribution is 5.79. The van der Waals surface area contributed by atoms with Crippen LogP contribution in [-0.4, -0.2) is 4.98 Å². The summed E-state index contributed by atoms with van der Waals surface area (Å²) < 4.78 is 5.31. The molecule has 0 spiro atoms. The van der Waals surface area contributed by atoms with E-state index in [1.165, 1.54) is 0 Å². The summed E-state index contributed by atoms with van der Waals surface area (Å²) in [6, 6.07) is 3.85. The van der Waals surface area contributed by atoms with E-state index in [2.05, 4.69) is 17.6 Å². The number of aromatic nitrogens is 1. The molecule has 2 nitrogen and oxygen atoms in total. The number of allylic oxidation sites excluding steroid dienone is 3. The molecule has 15 heavy (non-hydrogen) atoms. The molecule has 2 heterocycles. The van der Waals surface area contributed by atoms with Gasteiger partial charge < -0.3 is 4.42 Å². The van der Waals surface area contributed by atoms with Crippen molar-refractivity contribution in [2.24, 2.45) is 0 Å². The number of pyridine rings is 1. The SMILES string of the molecule is C=CC=CCCc1nccc2occc12. The summed E-state index contributed by atoms with van der Waals surface area (Å²) in [7, 11) is 0. The lowest BCUT2D eigenvalue weighted by Crippen LogP contribution is -1.88. The average molecular weight is 199 g/mol. The Bertz CT molecular complexity index is 482. The monoisotopic (exact) mass is 199 g/mol. The van der Waals surface area contributed by atoms with E-state index in [9.17, 15) is 0 Å². The van der Waals surface area contributed by atoms with Gasteiger partial charge in [0.2, 0.25) is 0 Å². The molecule has 76 valence electrons. The van der Waals surface area contributed by atoms with Gasteiger partial charge in [-0.2, -0.15) is 0 Å². The van der Waals surface area contributed by atoms with E-state index in [1.54, 1.807) is 18.5 Å². The molecule has 0 unspecified atom stereocenters. The van der Waals surface area contributed by atoms with Gasteiger partial charge in [0.25, 0.3) is 0 Å². The van der Waals surface area contributed by atoms with Crippen LogP contribution in [0, 0.1) is 0 Å². The van der Waals surface area contributed by atoms with Crippen molar-refractivity contribution < 1.29 is 4.42 Å². The third kappa shape index (κ3) is 2.15. The van der Waals surface area contributed by atoms with Crippen molar-refractivity contribution in [3.8, 4) is 0 Å². The Morgan fingerprint density at radius 3 is 3.20 bits per heavy atom. The molecular weight excluding hydrogens is 186 g/mol.